The Balaban J connectivity index is 1.78. The molecule has 1 atom stereocenters. The van der Waals surface area contributed by atoms with Crippen LogP contribution in [0.4, 0.5) is 0 Å². The van der Waals surface area contributed by atoms with Crippen LogP contribution in [-0.2, 0) is 6.54 Å². The van der Waals surface area contributed by atoms with Gasteiger partial charge in [-0.05, 0) is 48.3 Å². The lowest BCUT2D eigenvalue weighted by atomic mass is 9.95. The van der Waals surface area contributed by atoms with Gasteiger partial charge in [-0.3, -0.25) is 0 Å². The predicted octanol–water partition coefficient (Wildman–Crippen LogP) is 4.77. The molecule has 2 aromatic rings. The molecule has 1 heteroatoms. The van der Waals surface area contributed by atoms with Gasteiger partial charge in [-0.25, -0.2) is 0 Å². The van der Waals surface area contributed by atoms with E-state index in [1.54, 1.807) is 0 Å². The van der Waals surface area contributed by atoms with Gasteiger partial charge in [0.1, 0.15) is 0 Å². The van der Waals surface area contributed by atoms with Crippen molar-refractivity contribution in [2.24, 2.45) is 0 Å². The standard InChI is InChI=1S/C20H19N/c1-14-9-15(2)11-18(10-14)16-7-8-21-13-17-5-3-4-6-19(17)20(21)12-16/h3-12,20H,13H2,1-2H3. The molecule has 2 heterocycles. The Labute approximate surface area is 126 Å². The average molecular weight is 273 g/mol. The number of hydrogen-bond acceptors (Lipinski definition) is 1. The van der Waals surface area contributed by atoms with Crippen molar-refractivity contribution >= 4 is 5.57 Å². The molecule has 0 radical (unpaired) electrons. The van der Waals surface area contributed by atoms with Gasteiger partial charge in [0.15, 0.2) is 0 Å². The Kier molecular flexibility index (Phi) is 2.75. The highest BCUT2D eigenvalue weighted by Gasteiger charge is 2.28. The van der Waals surface area contributed by atoms with E-state index < -0.39 is 0 Å². The summed E-state index contributed by atoms with van der Waals surface area (Å²) in [5, 5.41) is 0. The monoisotopic (exact) mass is 273 g/mol. The largest absolute Gasteiger partial charge is 0.363 e. The van der Waals surface area contributed by atoms with Crippen LogP contribution in [-0.4, -0.2) is 4.90 Å². The van der Waals surface area contributed by atoms with Crippen LogP contribution < -0.4 is 0 Å². The van der Waals surface area contributed by atoms with Gasteiger partial charge >= 0.3 is 0 Å². The first kappa shape index (κ1) is 12.5. The highest BCUT2D eigenvalue weighted by Crippen LogP contribution is 2.39. The second kappa shape index (κ2) is 4.63. The molecule has 0 N–H and O–H groups in total. The number of benzene rings is 2. The van der Waals surface area contributed by atoms with Gasteiger partial charge < -0.3 is 4.90 Å². The Hall–Kier alpha value is -2.28. The molecule has 0 spiro atoms. The summed E-state index contributed by atoms with van der Waals surface area (Å²) < 4.78 is 0. The number of aryl methyl sites for hydroxylation is 2. The molecule has 21 heavy (non-hydrogen) atoms. The maximum atomic E-state index is 2.41. The minimum Gasteiger partial charge on any atom is -0.363 e. The minimum atomic E-state index is 0.391. The third-order valence-corrected chi connectivity index (χ3v) is 4.42. The lowest BCUT2D eigenvalue weighted by Gasteiger charge is -2.25. The Morgan fingerprint density at radius 2 is 1.76 bits per heavy atom. The quantitative estimate of drug-likeness (QED) is 0.723. The number of allylic oxidation sites excluding steroid dienone is 2. The summed E-state index contributed by atoms with van der Waals surface area (Å²) in [4.78, 5) is 2.41. The molecule has 1 nitrogen and oxygen atoms in total. The predicted molar refractivity (Wildman–Crippen MR) is 87.8 cm³/mol. The molecule has 0 saturated carbocycles. The van der Waals surface area contributed by atoms with Crippen molar-refractivity contribution in [3.05, 3.63) is 88.6 Å². The molecule has 2 aliphatic heterocycles. The number of hydrogen-bond donors (Lipinski definition) is 0. The fourth-order valence-corrected chi connectivity index (χ4v) is 3.51. The maximum absolute atomic E-state index is 2.41. The molecular formula is C20H19N. The lowest BCUT2D eigenvalue weighted by molar-refractivity contribution is 0.351. The van der Waals surface area contributed by atoms with Crippen LogP contribution in [0.2, 0.25) is 0 Å². The molecule has 4 rings (SSSR count). The van der Waals surface area contributed by atoms with Crippen LogP contribution in [0.1, 0.15) is 33.9 Å². The third-order valence-electron chi connectivity index (χ3n) is 4.42. The van der Waals surface area contributed by atoms with E-state index in [9.17, 15) is 0 Å². The van der Waals surface area contributed by atoms with Crippen molar-refractivity contribution in [2.45, 2.75) is 26.4 Å². The van der Waals surface area contributed by atoms with E-state index in [-0.39, 0.29) is 0 Å². The lowest BCUT2D eigenvalue weighted by Crippen LogP contribution is -2.16. The average Bonchev–Trinajstić information content (AvgIpc) is 2.84. The third kappa shape index (κ3) is 2.09. The molecule has 0 saturated heterocycles. The van der Waals surface area contributed by atoms with Crippen molar-refractivity contribution in [2.75, 3.05) is 0 Å². The summed E-state index contributed by atoms with van der Waals surface area (Å²) in [7, 11) is 0. The van der Waals surface area contributed by atoms with Crippen molar-refractivity contribution < 1.29 is 0 Å². The smallest absolute Gasteiger partial charge is 0.0737 e. The Morgan fingerprint density at radius 1 is 1.00 bits per heavy atom. The first-order valence-corrected chi connectivity index (χ1v) is 7.53. The van der Waals surface area contributed by atoms with E-state index in [0.29, 0.717) is 6.04 Å². The summed E-state index contributed by atoms with van der Waals surface area (Å²) in [6.07, 6.45) is 6.90. The first-order chi connectivity index (χ1) is 10.2. The van der Waals surface area contributed by atoms with Gasteiger partial charge in [0.25, 0.3) is 0 Å². The van der Waals surface area contributed by atoms with Gasteiger partial charge in [-0.2, -0.15) is 0 Å². The van der Waals surface area contributed by atoms with Gasteiger partial charge in [-0.15, -0.1) is 0 Å². The molecule has 2 aromatic carbocycles. The van der Waals surface area contributed by atoms with E-state index in [2.05, 4.69) is 79.6 Å². The molecule has 1 unspecified atom stereocenters. The maximum Gasteiger partial charge on any atom is 0.0737 e. The van der Waals surface area contributed by atoms with E-state index >= 15 is 0 Å². The molecular weight excluding hydrogens is 254 g/mol. The van der Waals surface area contributed by atoms with E-state index in [1.807, 2.05) is 0 Å². The molecule has 0 bridgehead atoms. The summed E-state index contributed by atoms with van der Waals surface area (Å²) in [6.45, 7) is 5.36. The molecule has 0 amide bonds. The van der Waals surface area contributed by atoms with Crippen LogP contribution in [0.5, 0.6) is 0 Å². The van der Waals surface area contributed by atoms with Gasteiger partial charge in [-0.1, -0.05) is 53.6 Å². The van der Waals surface area contributed by atoms with Crippen molar-refractivity contribution in [3.8, 4) is 0 Å². The van der Waals surface area contributed by atoms with Crippen LogP contribution >= 0.6 is 0 Å². The van der Waals surface area contributed by atoms with E-state index in [4.69, 9.17) is 0 Å². The zero-order chi connectivity index (χ0) is 14.4. The highest BCUT2D eigenvalue weighted by molar-refractivity contribution is 5.76. The summed E-state index contributed by atoms with van der Waals surface area (Å²) in [5.41, 5.74) is 8.21. The van der Waals surface area contributed by atoms with E-state index in [0.717, 1.165) is 6.54 Å². The van der Waals surface area contributed by atoms with Crippen molar-refractivity contribution in [1.82, 2.24) is 4.90 Å². The topological polar surface area (TPSA) is 3.24 Å². The number of nitrogens with zero attached hydrogens (tertiary/aromatic N) is 1. The van der Waals surface area contributed by atoms with Gasteiger partial charge in [0.2, 0.25) is 0 Å². The SMILES string of the molecule is Cc1cc(C)cc(C2=CC3c4ccccc4CN3C=C2)c1. The molecule has 0 fully saturated rings. The molecule has 104 valence electrons. The zero-order valence-electron chi connectivity index (χ0n) is 12.5. The summed E-state index contributed by atoms with van der Waals surface area (Å²) >= 11 is 0. The minimum absolute atomic E-state index is 0.391. The fourth-order valence-electron chi connectivity index (χ4n) is 3.51. The molecule has 2 aliphatic rings. The number of rotatable bonds is 1. The fraction of sp³-hybridized carbons (Fsp3) is 0.200. The van der Waals surface area contributed by atoms with Crippen LogP contribution in [0.15, 0.2) is 60.8 Å². The summed E-state index contributed by atoms with van der Waals surface area (Å²) in [6, 6.07) is 16.0. The van der Waals surface area contributed by atoms with Gasteiger partial charge in [0.05, 0.1) is 6.04 Å². The normalized spacial score (nSPS) is 19.2. The Morgan fingerprint density at radius 3 is 2.57 bits per heavy atom. The summed E-state index contributed by atoms with van der Waals surface area (Å²) in [5.74, 6) is 0. The van der Waals surface area contributed by atoms with Gasteiger partial charge in [0, 0.05) is 12.7 Å². The second-order valence-electron chi connectivity index (χ2n) is 6.13. The Bertz CT molecular complexity index is 747. The first-order valence-electron chi connectivity index (χ1n) is 7.53. The van der Waals surface area contributed by atoms with Crippen LogP contribution in [0, 0.1) is 13.8 Å². The van der Waals surface area contributed by atoms with Crippen LogP contribution in [0.3, 0.4) is 0 Å². The number of fused-ring (bicyclic) bond motifs is 3. The van der Waals surface area contributed by atoms with Crippen molar-refractivity contribution in [3.63, 3.8) is 0 Å². The molecule has 0 aliphatic carbocycles. The van der Waals surface area contributed by atoms with Crippen LogP contribution in [0.25, 0.3) is 5.57 Å². The second-order valence-corrected chi connectivity index (χ2v) is 6.13. The molecule has 0 aromatic heterocycles. The van der Waals surface area contributed by atoms with E-state index in [1.165, 1.54) is 33.4 Å². The highest BCUT2D eigenvalue weighted by atomic mass is 15.2. The van der Waals surface area contributed by atoms with Crippen molar-refractivity contribution in [1.29, 1.82) is 0 Å². The zero-order valence-corrected chi connectivity index (χ0v) is 12.5.